The van der Waals surface area contributed by atoms with Crippen LogP contribution in [0.5, 0.6) is 0 Å². The van der Waals surface area contributed by atoms with Gasteiger partial charge >= 0.3 is 6.18 Å². The minimum absolute atomic E-state index is 0.00252. The van der Waals surface area contributed by atoms with Crippen LogP contribution in [0, 0.1) is 11.8 Å². The Hall–Kier alpha value is -2.38. The van der Waals surface area contributed by atoms with Gasteiger partial charge in [-0.15, -0.1) is 5.10 Å². The molecule has 0 bridgehead atoms. The highest BCUT2D eigenvalue weighted by Crippen LogP contribution is 2.41. The molecular weight excluding hydrogens is 333 g/mol. The van der Waals surface area contributed by atoms with Gasteiger partial charge in [-0.1, -0.05) is 43.2 Å². The highest BCUT2D eigenvalue weighted by Gasteiger charge is 2.48. The molecule has 1 N–H and O–H groups in total. The Morgan fingerprint density at radius 1 is 1.20 bits per heavy atom. The molecule has 1 aromatic heterocycles. The van der Waals surface area contributed by atoms with Crippen LogP contribution < -0.4 is 5.32 Å². The van der Waals surface area contributed by atoms with E-state index in [1.807, 2.05) is 30.3 Å². The molecule has 2 aromatic rings. The van der Waals surface area contributed by atoms with E-state index in [9.17, 15) is 18.0 Å². The predicted molar refractivity (Wildman–Crippen MR) is 85.7 cm³/mol. The van der Waals surface area contributed by atoms with E-state index in [1.54, 1.807) is 0 Å². The van der Waals surface area contributed by atoms with Crippen LogP contribution in [-0.4, -0.2) is 26.8 Å². The van der Waals surface area contributed by atoms with Crippen molar-refractivity contribution in [3.05, 3.63) is 42.2 Å². The van der Waals surface area contributed by atoms with Crippen molar-refractivity contribution in [2.45, 2.75) is 38.4 Å². The number of carbonyl (C=O) groups is 1. The van der Waals surface area contributed by atoms with Crippen molar-refractivity contribution in [1.29, 1.82) is 0 Å². The van der Waals surface area contributed by atoms with Gasteiger partial charge in [0.15, 0.2) is 0 Å². The van der Waals surface area contributed by atoms with Gasteiger partial charge in [-0.05, 0) is 18.4 Å². The van der Waals surface area contributed by atoms with Gasteiger partial charge in [-0.25, -0.2) is 9.67 Å². The Balaban J connectivity index is 1.64. The average molecular weight is 352 g/mol. The molecule has 1 heterocycles. The van der Waals surface area contributed by atoms with Crippen molar-refractivity contribution < 1.29 is 18.0 Å². The number of hydrogen-bond acceptors (Lipinski definition) is 3. The normalized spacial score (nSPS) is 21.1. The lowest BCUT2D eigenvalue weighted by molar-refractivity contribution is -0.197. The number of alkyl halides is 3. The van der Waals surface area contributed by atoms with E-state index in [0.29, 0.717) is 19.4 Å². The van der Waals surface area contributed by atoms with E-state index in [0.717, 1.165) is 5.56 Å². The summed E-state index contributed by atoms with van der Waals surface area (Å²) >= 11 is 0. The molecule has 1 aliphatic rings. The summed E-state index contributed by atoms with van der Waals surface area (Å²) < 4.78 is 40.9. The van der Waals surface area contributed by atoms with Gasteiger partial charge in [0.25, 0.3) is 0 Å². The van der Waals surface area contributed by atoms with Crippen molar-refractivity contribution in [2.75, 3.05) is 5.32 Å². The van der Waals surface area contributed by atoms with Crippen molar-refractivity contribution in [2.24, 2.45) is 11.8 Å². The fourth-order valence-corrected chi connectivity index (χ4v) is 3.24. The predicted octanol–water partition coefficient (Wildman–Crippen LogP) is 3.63. The number of amides is 1. The van der Waals surface area contributed by atoms with Gasteiger partial charge in [-0.3, -0.25) is 10.1 Å². The highest BCUT2D eigenvalue weighted by atomic mass is 19.4. The van der Waals surface area contributed by atoms with Crippen LogP contribution >= 0.6 is 0 Å². The number of carbonyl (C=O) groups excluding carboxylic acids is 1. The van der Waals surface area contributed by atoms with Crippen LogP contribution in [-0.2, 0) is 11.3 Å². The summed E-state index contributed by atoms with van der Waals surface area (Å²) in [4.78, 5) is 16.3. The fourth-order valence-electron chi connectivity index (χ4n) is 3.24. The zero-order chi connectivity index (χ0) is 17.9. The second-order valence-electron chi connectivity index (χ2n) is 6.28. The van der Waals surface area contributed by atoms with Crippen LogP contribution in [0.4, 0.5) is 19.1 Å². The number of anilines is 1. The summed E-state index contributed by atoms with van der Waals surface area (Å²) in [6.45, 7) is 0.471. The molecule has 0 radical (unpaired) electrons. The maximum atomic E-state index is 13.1. The van der Waals surface area contributed by atoms with E-state index in [4.69, 9.17) is 0 Å². The third-order valence-electron chi connectivity index (χ3n) is 4.48. The number of rotatable bonds is 4. The standard InChI is InChI=1S/C17H19F3N4O/c18-17(19,20)14-9-5-4-8-13(14)15(25)22-16-21-11-24(23-16)10-12-6-2-1-3-7-12/h1-3,6-7,11,13-14H,4-5,8-10H2,(H,22,23,25)/t13-,14+/m1/s1. The zero-order valence-corrected chi connectivity index (χ0v) is 13.5. The first-order chi connectivity index (χ1) is 11.9. The Kier molecular flexibility index (Phi) is 5.06. The van der Waals surface area contributed by atoms with Crippen LogP contribution in [0.25, 0.3) is 0 Å². The first-order valence-corrected chi connectivity index (χ1v) is 8.24. The van der Waals surface area contributed by atoms with Gasteiger partial charge in [0.05, 0.1) is 12.5 Å². The van der Waals surface area contributed by atoms with Gasteiger partial charge in [0.1, 0.15) is 6.33 Å². The molecule has 1 amide bonds. The van der Waals surface area contributed by atoms with Crippen LogP contribution in [0.3, 0.4) is 0 Å². The summed E-state index contributed by atoms with van der Waals surface area (Å²) in [5.41, 5.74) is 1.01. The summed E-state index contributed by atoms with van der Waals surface area (Å²) in [6, 6.07) is 9.55. The zero-order valence-electron chi connectivity index (χ0n) is 13.5. The average Bonchev–Trinajstić information content (AvgIpc) is 3.02. The third-order valence-corrected chi connectivity index (χ3v) is 4.48. The third kappa shape index (κ3) is 4.37. The second kappa shape index (κ2) is 7.25. The molecule has 25 heavy (non-hydrogen) atoms. The van der Waals surface area contributed by atoms with E-state index in [2.05, 4.69) is 15.4 Å². The Bertz CT molecular complexity index is 714. The maximum Gasteiger partial charge on any atom is 0.392 e. The molecule has 3 rings (SSSR count). The number of nitrogens with one attached hydrogen (secondary N) is 1. The fraction of sp³-hybridized carbons (Fsp3) is 0.471. The maximum absolute atomic E-state index is 13.1. The van der Waals surface area contributed by atoms with Crippen LogP contribution in [0.1, 0.15) is 31.2 Å². The minimum atomic E-state index is -4.36. The lowest BCUT2D eigenvalue weighted by Gasteiger charge is -2.31. The molecular formula is C17H19F3N4O. The molecule has 134 valence electrons. The SMILES string of the molecule is O=C(Nc1ncn(Cc2ccccc2)n1)[C@@H]1CCCC[C@@H]1C(F)(F)F. The molecule has 1 fully saturated rings. The highest BCUT2D eigenvalue weighted by molar-refractivity contribution is 5.91. The van der Waals surface area contributed by atoms with Crippen molar-refractivity contribution in [1.82, 2.24) is 14.8 Å². The molecule has 0 unspecified atom stereocenters. The minimum Gasteiger partial charge on any atom is -0.293 e. The first kappa shape index (κ1) is 17.4. The molecule has 1 aliphatic carbocycles. The molecule has 2 atom stereocenters. The molecule has 0 aliphatic heterocycles. The number of aromatic nitrogens is 3. The Labute approximate surface area is 143 Å². The Morgan fingerprint density at radius 2 is 1.92 bits per heavy atom. The summed E-state index contributed by atoms with van der Waals surface area (Å²) in [5, 5.41) is 6.56. The van der Waals surface area contributed by atoms with E-state index >= 15 is 0 Å². The molecule has 0 spiro atoms. The van der Waals surface area contributed by atoms with E-state index in [1.165, 1.54) is 11.0 Å². The topological polar surface area (TPSA) is 59.8 Å². The lowest BCUT2D eigenvalue weighted by atomic mass is 9.78. The Morgan fingerprint density at radius 3 is 2.64 bits per heavy atom. The quantitative estimate of drug-likeness (QED) is 0.914. The lowest BCUT2D eigenvalue weighted by Crippen LogP contribution is -2.39. The van der Waals surface area contributed by atoms with Crippen molar-refractivity contribution in [3.8, 4) is 0 Å². The van der Waals surface area contributed by atoms with Gasteiger partial charge in [-0.2, -0.15) is 13.2 Å². The second-order valence-corrected chi connectivity index (χ2v) is 6.28. The van der Waals surface area contributed by atoms with Crippen LogP contribution in [0.2, 0.25) is 0 Å². The summed E-state index contributed by atoms with van der Waals surface area (Å²) in [6.07, 6.45) is -1.55. The summed E-state index contributed by atoms with van der Waals surface area (Å²) in [7, 11) is 0. The monoisotopic (exact) mass is 352 g/mol. The number of hydrogen-bond donors (Lipinski definition) is 1. The molecule has 0 saturated heterocycles. The number of nitrogens with zero attached hydrogens (tertiary/aromatic N) is 3. The van der Waals surface area contributed by atoms with Gasteiger partial charge in [0.2, 0.25) is 11.9 Å². The molecule has 5 nitrogen and oxygen atoms in total. The smallest absolute Gasteiger partial charge is 0.293 e. The van der Waals surface area contributed by atoms with Crippen molar-refractivity contribution >= 4 is 11.9 Å². The molecule has 1 saturated carbocycles. The van der Waals surface area contributed by atoms with E-state index < -0.39 is 23.9 Å². The first-order valence-electron chi connectivity index (χ1n) is 8.24. The number of halogens is 3. The van der Waals surface area contributed by atoms with Gasteiger partial charge < -0.3 is 0 Å². The molecule has 1 aromatic carbocycles. The van der Waals surface area contributed by atoms with Crippen molar-refractivity contribution in [3.63, 3.8) is 0 Å². The largest absolute Gasteiger partial charge is 0.392 e. The number of benzene rings is 1. The van der Waals surface area contributed by atoms with Gasteiger partial charge in [0, 0.05) is 5.92 Å². The van der Waals surface area contributed by atoms with E-state index in [-0.39, 0.29) is 18.8 Å². The summed E-state index contributed by atoms with van der Waals surface area (Å²) in [5.74, 6) is -3.28. The molecule has 8 heteroatoms. The van der Waals surface area contributed by atoms with Crippen LogP contribution in [0.15, 0.2) is 36.7 Å².